The van der Waals surface area contributed by atoms with Gasteiger partial charge in [-0.25, -0.2) is 4.79 Å². The maximum atomic E-state index is 13.2. The number of amides is 2. The van der Waals surface area contributed by atoms with Crippen molar-refractivity contribution in [3.05, 3.63) is 59.1 Å². The Bertz CT molecular complexity index is 1210. The summed E-state index contributed by atoms with van der Waals surface area (Å²) < 4.78 is 17.2. The van der Waals surface area contributed by atoms with E-state index in [-0.39, 0.29) is 18.0 Å². The zero-order valence-electron chi connectivity index (χ0n) is 20.3. The molecule has 1 fully saturated rings. The maximum absolute atomic E-state index is 13.2. The van der Waals surface area contributed by atoms with Crippen LogP contribution in [-0.2, 0) is 11.3 Å². The number of aromatic nitrogens is 1. The van der Waals surface area contributed by atoms with E-state index in [1.165, 1.54) is 0 Å². The molecule has 0 spiro atoms. The Kier molecular flexibility index (Phi) is 6.50. The molecular formula is C26H31N3O5. The predicted octanol–water partition coefficient (Wildman–Crippen LogP) is 4.76. The first-order valence-corrected chi connectivity index (χ1v) is 11.4. The van der Waals surface area contributed by atoms with Gasteiger partial charge in [-0.3, -0.25) is 9.78 Å². The summed E-state index contributed by atoms with van der Waals surface area (Å²) >= 11 is 0. The summed E-state index contributed by atoms with van der Waals surface area (Å²) in [6.07, 6.45) is 3.87. The summed E-state index contributed by atoms with van der Waals surface area (Å²) in [4.78, 5) is 31.3. The molecule has 1 saturated heterocycles. The Labute approximate surface area is 199 Å². The van der Waals surface area contributed by atoms with Gasteiger partial charge in [0.05, 0.1) is 5.56 Å². The molecule has 2 amide bonds. The molecule has 3 heterocycles. The highest BCUT2D eigenvalue weighted by Gasteiger charge is 2.31. The minimum absolute atomic E-state index is 0.155. The fourth-order valence-corrected chi connectivity index (χ4v) is 4.06. The minimum atomic E-state index is -0.555. The third-order valence-electron chi connectivity index (χ3n) is 5.57. The molecule has 8 heteroatoms. The largest absolute Gasteiger partial charge is 0.489 e. The molecule has 1 aromatic carbocycles. The number of likely N-dealkylation sites (tertiary alicyclic amines) is 1. The second kappa shape index (κ2) is 9.37. The summed E-state index contributed by atoms with van der Waals surface area (Å²) in [6, 6.07) is 7.33. The molecule has 1 aliphatic rings. The van der Waals surface area contributed by atoms with Gasteiger partial charge >= 0.3 is 6.09 Å². The summed E-state index contributed by atoms with van der Waals surface area (Å²) in [6.45, 7) is 10.6. The lowest BCUT2D eigenvalue weighted by atomic mass is 10.1. The lowest BCUT2D eigenvalue weighted by molar-refractivity contribution is 0.0290. The van der Waals surface area contributed by atoms with Gasteiger partial charge in [0.25, 0.3) is 5.91 Å². The Morgan fingerprint density at radius 3 is 2.74 bits per heavy atom. The number of nitrogens with one attached hydrogen (secondary N) is 1. The number of rotatable bonds is 5. The molecule has 1 unspecified atom stereocenters. The second-order valence-corrected chi connectivity index (χ2v) is 9.74. The van der Waals surface area contributed by atoms with Crippen molar-refractivity contribution in [2.24, 2.45) is 0 Å². The third kappa shape index (κ3) is 5.50. The summed E-state index contributed by atoms with van der Waals surface area (Å²) in [7, 11) is 0. The van der Waals surface area contributed by atoms with E-state index in [9.17, 15) is 9.59 Å². The van der Waals surface area contributed by atoms with E-state index in [1.54, 1.807) is 24.2 Å². The fourth-order valence-electron chi connectivity index (χ4n) is 4.06. The van der Waals surface area contributed by atoms with Gasteiger partial charge in [0.1, 0.15) is 29.3 Å². The Morgan fingerprint density at radius 2 is 2.00 bits per heavy atom. The highest BCUT2D eigenvalue weighted by atomic mass is 16.6. The van der Waals surface area contributed by atoms with Crippen molar-refractivity contribution in [2.75, 3.05) is 13.1 Å². The number of hydrogen-bond donors (Lipinski definition) is 1. The number of aryl methyl sites for hydroxylation is 2. The SMILES string of the molecule is Cc1cncc(COc2ccc3oc(C)c(C(=O)NC4CCN(C(=O)OC(C)(C)C)C4)c3c2)c1. The monoisotopic (exact) mass is 465 g/mol. The van der Waals surface area contributed by atoms with E-state index in [1.807, 2.05) is 52.0 Å². The summed E-state index contributed by atoms with van der Waals surface area (Å²) in [5.74, 6) is 0.947. The van der Waals surface area contributed by atoms with Gasteiger partial charge < -0.3 is 24.1 Å². The lowest BCUT2D eigenvalue weighted by Crippen LogP contribution is -2.40. The van der Waals surface area contributed by atoms with Gasteiger partial charge in [0.15, 0.2) is 0 Å². The number of nitrogens with zero attached hydrogens (tertiary/aromatic N) is 2. The number of benzene rings is 1. The van der Waals surface area contributed by atoms with Gasteiger partial charge in [0, 0.05) is 42.5 Å². The van der Waals surface area contributed by atoms with Crippen molar-refractivity contribution < 1.29 is 23.5 Å². The average molecular weight is 466 g/mol. The average Bonchev–Trinajstić information content (AvgIpc) is 3.34. The van der Waals surface area contributed by atoms with Crippen LogP contribution in [0, 0.1) is 13.8 Å². The van der Waals surface area contributed by atoms with Crippen LogP contribution >= 0.6 is 0 Å². The van der Waals surface area contributed by atoms with E-state index < -0.39 is 5.60 Å². The molecule has 8 nitrogen and oxygen atoms in total. The molecular weight excluding hydrogens is 434 g/mol. The molecule has 4 rings (SSSR count). The van der Waals surface area contributed by atoms with Crippen molar-refractivity contribution in [3.63, 3.8) is 0 Å². The maximum Gasteiger partial charge on any atom is 0.410 e. The van der Waals surface area contributed by atoms with Gasteiger partial charge in [-0.1, -0.05) is 0 Å². The van der Waals surface area contributed by atoms with E-state index in [2.05, 4.69) is 10.3 Å². The van der Waals surface area contributed by atoms with Crippen LogP contribution in [0.25, 0.3) is 11.0 Å². The van der Waals surface area contributed by atoms with E-state index in [4.69, 9.17) is 13.9 Å². The molecule has 180 valence electrons. The Hall–Kier alpha value is -3.55. The molecule has 1 atom stereocenters. The van der Waals surface area contributed by atoms with E-state index in [0.29, 0.717) is 54.2 Å². The molecule has 1 N–H and O–H groups in total. The van der Waals surface area contributed by atoms with Crippen molar-refractivity contribution in [1.82, 2.24) is 15.2 Å². The number of ether oxygens (including phenoxy) is 2. The van der Waals surface area contributed by atoms with Crippen LogP contribution in [0.5, 0.6) is 5.75 Å². The van der Waals surface area contributed by atoms with Gasteiger partial charge in [-0.05, 0) is 70.9 Å². The van der Waals surface area contributed by atoms with Crippen LogP contribution in [0.4, 0.5) is 4.79 Å². The minimum Gasteiger partial charge on any atom is -0.489 e. The third-order valence-corrected chi connectivity index (χ3v) is 5.57. The lowest BCUT2D eigenvalue weighted by Gasteiger charge is -2.24. The Morgan fingerprint density at radius 1 is 1.21 bits per heavy atom. The zero-order chi connectivity index (χ0) is 24.5. The van der Waals surface area contributed by atoms with Crippen LogP contribution in [-0.4, -0.2) is 46.6 Å². The number of carbonyl (C=O) groups excluding carboxylic acids is 2. The first kappa shape index (κ1) is 23.6. The zero-order valence-corrected chi connectivity index (χ0v) is 20.3. The number of hydrogen-bond acceptors (Lipinski definition) is 6. The first-order chi connectivity index (χ1) is 16.1. The van der Waals surface area contributed by atoms with Crippen LogP contribution in [0.1, 0.15) is 54.4 Å². The normalized spacial score (nSPS) is 16.0. The quantitative estimate of drug-likeness (QED) is 0.584. The van der Waals surface area contributed by atoms with Crippen molar-refractivity contribution in [1.29, 1.82) is 0 Å². The van der Waals surface area contributed by atoms with Crippen LogP contribution in [0.15, 0.2) is 41.1 Å². The molecule has 0 saturated carbocycles. The van der Waals surface area contributed by atoms with Gasteiger partial charge in [-0.2, -0.15) is 0 Å². The molecule has 0 aliphatic carbocycles. The predicted molar refractivity (Wildman–Crippen MR) is 128 cm³/mol. The highest BCUT2D eigenvalue weighted by molar-refractivity contribution is 6.07. The molecule has 3 aromatic rings. The van der Waals surface area contributed by atoms with Gasteiger partial charge in [0.2, 0.25) is 0 Å². The first-order valence-electron chi connectivity index (χ1n) is 11.4. The molecule has 34 heavy (non-hydrogen) atoms. The topological polar surface area (TPSA) is 93.9 Å². The summed E-state index contributed by atoms with van der Waals surface area (Å²) in [5.41, 5.74) is 2.58. The number of fused-ring (bicyclic) bond motifs is 1. The Balaban J connectivity index is 1.44. The number of pyridine rings is 1. The van der Waals surface area contributed by atoms with E-state index in [0.717, 1.165) is 11.1 Å². The van der Waals surface area contributed by atoms with Crippen LogP contribution in [0.2, 0.25) is 0 Å². The molecule has 2 aromatic heterocycles. The smallest absolute Gasteiger partial charge is 0.410 e. The van der Waals surface area contributed by atoms with Crippen molar-refractivity contribution >= 4 is 23.0 Å². The number of furan rings is 1. The molecule has 1 aliphatic heterocycles. The van der Waals surface area contributed by atoms with E-state index >= 15 is 0 Å². The fraction of sp³-hybridized carbons (Fsp3) is 0.423. The van der Waals surface area contributed by atoms with Crippen LogP contribution in [0.3, 0.4) is 0 Å². The summed E-state index contributed by atoms with van der Waals surface area (Å²) in [5, 5.41) is 3.74. The van der Waals surface area contributed by atoms with Crippen LogP contribution < -0.4 is 10.1 Å². The van der Waals surface area contributed by atoms with Gasteiger partial charge in [-0.15, -0.1) is 0 Å². The molecule has 0 radical (unpaired) electrons. The highest BCUT2D eigenvalue weighted by Crippen LogP contribution is 2.30. The second-order valence-electron chi connectivity index (χ2n) is 9.74. The van der Waals surface area contributed by atoms with Crippen molar-refractivity contribution in [3.8, 4) is 5.75 Å². The standard InChI is InChI=1S/C26H31N3O5/c1-16-10-18(13-27-12-16)15-32-20-6-7-22-21(11-20)23(17(2)33-22)24(30)28-19-8-9-29(14-19)25(31)34-26(3,4)5/h6-7,10-13,19H,8-9,14-15H2,1-5H3,(H,28,30). The van der Waals surface area contributed by atoms with Crippen molar-refractivity contribution in [2.45, 2.75) is 59.3 Å². The molecule has 0 bridgehead atoms. The number of carbonyl (C=O) groups is 2.